The predicted molar refractivity (Wildman–Crippen MR) is 86.8 cm³/mol. The van der Waals surface area contributed by atoms with Gasteiger partial charge in [0.15, 0.2) is 0 Å². The molecule has 1 aromatic rings. The van der Waals surface area contributed by atoms with Crippen molar-refractivity contribution in [2.45, 2.75) is 43.7 Å². The molecule has 2 heterocycles. The summed E-state index contributed by atoms with van der Waals surface area (Å²) in [5.41, 5.74) is 0.419. The highest BCUT2D eigenvalue weighted by molar-refractivity contribution is 5.86. The fourth-order valence-corrected chi connectivity index (χ4v) is 3.89. The molecular weight excluding hydrogens is 295 g/mol. The van der Waals surface area contributed by atoms with Crippen LogP contribution in [0.1, 0.15) is 37.7 Å². The van der Waals surface area contributed by atoms with Crippen molar-refractivity contribution in [3.8, 4) is 0 Å². The molecule has 5 heteroatoms. The lowest BCUT2D eigenvalue weighted by Crippen LogP contribution is -2.56. The molecule has 2 aliphatic heterocycles. The summed E-state index contributed by atoms with van der Waals surface area (Å²) in [6, 6.07) is 6.83. The van der Waals surface area contributed by atoms with E-state index in [1.54, 1.807) is 7.11 Å². The number of halogens is 1. The lowest BCUT2D eigenvalue weighted by atomic mass is 9.90. The van der Waals surface area contributed by atoms with Crippen molar-refractivity contribution in [3.05, 3.63) is 35.6 Å². The first-order valence-electron chi connectivity index (χ1n) is 8.38. The lowest BCUT2D eigenvalue weighted by molar-refractivity contribution is -0.159. The summed E-state index contributed by atoms with van der Waals surface area (Å²) >= 11 is 0. The molecule has 0 bridgehead atoms. The summed E-state index contributed by atoms with van der Waals surface area (Å²) < 4.78 is 18.8. The van der Waals surface area contributed by atoms with E-state index in [1.807, 2.05) is 17.0 Å². The van der Waals surface area contributed by atoms with Gasteiger partial charge in [-0.05, 0) is 57.0 Å². The van der Waals surface area contributed by atoms with Crippen molar-refractivity contribution in [1.82, 2.24) is 10.2 Å². The van der Waals surface area contributed by atoms with Crippen molar-refractivity contribution in [1.29, 1.82) is 0 Å². The zero-order chi connectivity index (χ0) is 16.4. The summed E-state index contributed by atoms with van der Waals surface area (Å²) in [5.74, 6) is 0.157. The Morgan fingerprint density at radius 2 is 1.96 bits per heavy atom. The van der Waals surface area contributed by atoms with Crippen LogP contribution < -0.4 is 5.32 Å². The van der Waals surface area contributed by atoms with Crippen LogP contribution >= 0.6 is 0 Å². The minimum atomic E-state index is -0.683. The van der Waals surface area contributed by atoms with Crippen molar-refractivity contribution in [3.63, 3.8) is 0 Å². The number of methoxy groups -OCH3 is 1. The number of hydrogen-bond acceptors (Lipinski definition) is 3. The van der Waals surface area contributed by atoms with Gasteiger partial charge in [0.2, 0.25) is 0 Å². The van der Waals surface area contributed by atoms with Gasteiger partial charge in [0.05, 0.1) is 0 Å². The van der Waals surface area contributed by atoms with Gasteiger partial charge in [0.1, 0.15) is 11.4 Å². The zero-order valence-electron chi connectivity index (χ0n) is 13.8. The largest absolute Gasteiger partial charge is 0.368 e. The minimum absolute atomic E-state index is 0.110. The zero-order valence-corrected chi connectivity index (χ0v) is 13.8. The normalized spacial score (nSPS) is 27.2. The lowest BCUT2D eigenvalue weighted by Gasteiger charge is -2.39. The number of amides is 1. The van der Waals surface area contributed by atoms with E-state index in [2.05, 4.69) is 12.2 Å². The molecule has 0 saturated carbocycles. The standard InChI is InChI=1S/C18H25FN2O2/c1-13-11-15(14-3-5-16(19)6-4-14)12-21(13)17(22)18(23-2)7-9-20-10-8-18/h3-6,13,15,20H,7-12H2,1-2H3. The first kappa shape index (κ1) is 16.4. The molecular formula is C18H25FN2O2. The topological polar surface area (TPSA) is 41.6 Å². The van der Waals surface area contributed by atoms with Crippen molar-refractivity contribution in [2.24, 2.45) is 0 Å². The number of ether oxygens (including phenoxy) is 1. The smallest absolute Gasteiger partial charge is 0.255 e. The summed E-state index contributed by atoms with van der Waals surface area (Å²) in [7, 11) is 1.64. The highest BCUT2D eigenvalue weighted by atomic mass is 19.1. The number of benzene rings is 1. The maximum absolute atomic E-state index is 13.1. The fourth-order valence-electron chi connectivity index (χ4n) is 3.89. The van der Waals surface area contributed by atoms with Gasteiger partial charge in [-0.25, -0.2) is 4.39 Å². The minimum Gasteiger partial charge on any atom is -0.368 e. The molecule has 126 valence electrons. The Bertz CT molecular complexity index is 555. The van der Waals surface area contributed by atoms with E-state index in [0.717, 1.165) is 25.1 Å². The first-order chi connectivity index (χ1) is 11.1. The van der Waals surface area contributed by atoms with Crippen molar-refractivity contribution in [2.75, 3.05) is 26.7 Å². The summed E-state index contributed by atoms with van der Waals surface area (Å²) in [4.78, 5) is 15.1. The molecule has 1 N–H and O–H groups in total. The summed E-state index contributed by atoms with van der Waals surface area (Å²) in [6.45, 7) is 4.39. The van der Waals surface area contributed by atoms with Crippen LogP contribution in [0.2, 0.25) is 0 Å². The Hall–Kier alpha value is -1.46. The van der Waals surface area contributed by atoms with E-state index in [9.17, 15) is 9.18 Å². The molecule has 1 amide bonds. The summed E-state index contributed by atoms with van der Waals surface area (Å²) in [6.07, 6.45) is 2.34. The third-order valence-corrected chi connectivity index (χ3v) is 5.37. The number of rotatable bonds is 3. The van der Waals surface area contributed by atoms with E-state index in [-0.39, 0.29) is 23.7 Å². The molecule has 2 aliphatic rings. The van der Waals surface area contributed by atoms with Crippen LogP contribution in [0.5, 0.6) is 0 Å². The average Bonchev–Trinajstić information content (AvgIpc) is 2.97. The molecule has 2 saturated heterocycles. The third kappa shape index (κ3) is 3.12. The number of piperidine rings is 1. The van der Waals surface area contributed by atoms with Crippen LogP contribution in [0.3, 0.4) is 0 Å². The Labute approximate surface area is 137 Å². The second-order valence-corrected chi connectivity index (χ2v) is 6.74. The molecule has 0 aromatic heterocycles. The van der Waals surface area contributed by atoms with Gasteiger partial charge in [-0.2, -0.15) is 0 Å². The number of hydrogen-bond donors (Lipinski definition) is 1. The van der Waals surface area contributed by atoms with E-state index in [1.165, 1.54) is 12.1 Å². The van der Waals surface area contributed by atoms with Crippen LogP contribution in [0.4, 0.5) is 4.39 Å². The van der Waals surface area contributed by atoms with Crippen molar-refractivity contribution < 1.29 is 13.9 Å². The fraction of sp³-hybridized carbons (Fsp3) is 0.611. The van der Waals surface area contributed by atoms with E-state index < -0.39 is 5.60 Å². The molecule has 23 heavy (non-hydrogen) atoms. The molecule has 3 rings (SSSR count). The van der Waals surface area contributed by atoms with Gasteiger partial charge in [-0.3, -0.25) is 4.79 Å². The molecule has 0 spiro atoms. The molecule has 1 aromatic carbocycles. The Morgan fingerprint density at radius 3 is 2.57 bits per heavy atom. The van der Waals surface area contributed by atoms with Gasteiger partial charge in [0, 0.05) is 25.6 Å². The highest BCUT2D eigenvalue weighted by Crippen LogP contribution is 2.35. The second kappa shape index (κ2) is 6.57. The maximum Gasteiger partial charge on any atom is 0.255 e. The maximum atomic E-state index is 13.1. The first-order valence-corrected chi connectivity index (χ1v) is 8.38. The number of nitrogens with zero attached hydrogens (tertiary/aromatic N) is 1. The van der Waals surface area contributed by atoms with E-state index >= 15 is 0 Å². The van der Waals surface area contributed by atoms with Crippen molar-refractivity contribution >= 4 is 5.91 Å². The van der Waals surface area contributed by atoms with Crippen LogP contribution in [0, 0.1) is 5.82 Å². The van der Waals surface area contributed by atoms with Crippen LogP contribution in [-0.4, -0.2) is 49.2 Å². The van der Waals surface area contributed by atoms with Gasteiger partial charge >= 0.3 is 0 Å². The molecule has 2 unspecified atom stereocenters. The molecule has 2 fully saturated rings. The van der Waals surface area contributed by atoms with E-state index in [0.29, 0.717) is 19.4 Å². The second-order valence-electron chi connectivity index (χ2n) is 6.74. The molecule has 0 aliphatic carbocycles. The molecule has 2 atom stereocenters. The summed E-state index contributed by atoms with van der Waals surface area (Å²) in [5, 5.41) is 3.28. The molecule has 4 nitrogen and oxygen atoms in total. The Morgan fingerprint density at radius 1 is 1.30 bits per heavy atom. The Kier molecular flexibility index (Phi) is 4.69. The van der Waals surface area contributed by atoms with Gasteiger partial charge in [0.25, 0.3) is 5.91 Å². The van der Waals surface area contributed by atoms with Gasteiger partial charge in [-0.1, -0.05) is 12.1 Å². The number of carbonyl (C=O) groups excluding carboxylic acids is 1. The van der Waals surface area contributed by atoms with Crippen LogP contribution in [-0.2, 0) is 9.53 Å². The SMILES string of the molecule is COC1(C(=O)N2CC(c3ccc(F)cc3)CC2C)CCNCC1. The number of likely N-dealkylation sites (tertiary alicyclic amines) is 1. The number of carbonyl (C=O) groups is 1. The highest BCUT2D eigenvalue weighted by Gasteiger charge is 2.46. The quantitative estimate of drug-likeness (QED) is 0.929. The van der Waals surface area contributed by atoms with Gasteiger partial charge in [-0.15, -0.1) is 0 Å². The van der Waals surface area contributed by atoms with Crippen LogP contribution in [0.25, 0.3) is 0 Å². The monoisotopic (exact) mass is 320 g/mol. The number of nitrogens with one attached hydrogen (secondary N) is 1. The average molecular weight is 320 g/mol. The third-order valence-electron chi connectivity index (χ3n) is 5.37. The molecule has 0 radical (unpaired) electrons. The predicted octanol–water partition coefficient (Wildman–Crippen LogP) is 2.30. The van der Waals surface area contributed by atoms with Gasteiger partial charge < -0.3 is 15.0 Å². The van der Waals surface area contributed by atoms with Crippen LogP contribution in [0.15, 0.2) is 24.3 Å². The van der Waals surface area contributed by atoms with E-state index in [4.69, 9.17) is 4.74 Å². The Balaban J connectivity index is 1.75.